The Labute approximate surface area is 430 Å². The molecule has 350 valence electrons. The summed E-state index contributed by atoms with van der Waals surface area (Å²) < 4.78 is 10.8. The Morgan fingerprint density at radius 3 is 1.39 bits per heavy atom. The second kappa shape index (κ2) is 28.8. The number of benzene rings is 6. The monoisotopic (exact) mass is 1260 g/mol. The van der Waals surface area contributed by atoms with Crippen molar-refractivity contribution in [1.82, 2.24) is 19.9 Å². The fourth-order valence-corrected chi connectivity index (χ4v) is 6.98. The van der Waals surface area contributed by atoms with Gasteiger partial charge >= 0.3 is 0 Å². The van der Waals surface area contributed by atoms with Crippen LogP contribution in [0.5, 0.6) is 0 Å². The van der Waals surface area contributed by atoms with Crippen molar-refractivity contribution in [1.29, 1.82) is 0 Å². The van der Waals surface area contributed by atoms with E-state index in [9.17, 15) is 0 Å². The summed E-state index contributed by atoms with van der Waals surface area (Å²) >= 11 is 0. The van der Waals surface area contributed by atoms with E-state index in [0.29, 0.717) is 0 Å². The summed E-state index contributed by atoms with van der Waals surface area (Å²) in [4.78, 5) is 17.4. The number of nitrogens with zero attached hydrogens (tertiary/aromatic N) is 4. The van der Waals surface area contributed by atoms with E-state index in [0.717, 1.165) is 81.2 Å². The molecule has 6 heterocycles. The first-order chi connectivity index (χ1) is 32.8. The van der Waals surface area contributed by atoms with Gasteiger partial charge in [-0.05, 0) is 70.3 Å². The van der Waals surface area contributed by atoms with Gasteiger partial charge in [-0.1, -0.05) is 97.7 Å². The smallest absolute Gasteiger partial charge is 0.137 e. The standard InChI is InChI=1S/C17H11NO.C17H10NO.2C11H8N.2CH4O.CH4.2Ir/c2*1-2-4-13-11-14(6-5-12(13)3-1)17-15-8-10-19-16(15)7-9-18-17;2*1-2-6-10(7-3-1)11-8-4-5-9-12-11;2*1-2;;;/h1-11H;1-5,7-11H;2*1-6,8-9H;2*2H,1H3;1H4;;/q;3*-1;;;;;. The quantitative estimate of drug-likeness (QED) is 0.167. The molecule has 2 radical (unpaired) electrons. The number of fused-ring (bicyclic) bond motifs is 4. The number of pyridine rings is 4. The van der Waals surface area contributed by atoms with Crippen LogP contribution in [0, 0.1) is 18.2 Å². The Morgan fingerprint density at radius 1 is 0.391 bits per heavy atom. The van der Waals surface area contributed by atoms with Crippen LogP contribution in [0.3, 0.4) is 0 Å². The predicted molar refractivity (Wildman–Crippen MR) is 273 cm³/mol. The van der Waals surface area contributed by atoms with Crippen LogP contribution >= 0.6 is 0 Å². The van der Waals surface area contributed by atoms with Crippen LogP contribution in [0.15, 0.2) is 234 Å². The molecule has 69 heavy (non-hydrogen) atoms. The zero-order chi connectivity index (χ0) is 45.8. The van der Waals surface area contributed by atoms with Gasteiger partial charge in [-0.3, -0.25) is 4.98 Å². The summed E-state index contributed by atoms with van der Waals surface area (Å²) in [7, 11) is 2.00. The summed E-state index contributed by atoms with van der Waals surface area (Å²) in [6.07, 6.45) is 10.5. The van der Waals surface area contributed by atoms with Crippen LogP contribution in [-0.4, -0.2) is 44.4 Å². The van der Waals surface area contributed by atoms with Gasteiger partial charge in [-0.15, -0.1) is 101 Å². The molecule has 12 rings (SSSR count). The van der Waals surface area contributed by atoms with Crippen molar-refractivity contribution in [2.24, 2.45) is 0 Å². The molecule has 0 aliphatic heterocycles. The number of hydrogen-bond acceptors (Lipinski definition) is 8. The minimum absolute atomic E-state index is 0. The second-order valence-corrected chi connectivity index (χ2v) is 14.0. The number of rotatable bonds is 4. The van der Waals surface area contributed by atoms with Crippen molar-refractivity contribution < 1.29 is 59.3 Å². The number of aliphatic hydroxyl groups excluding tert-OH is 2. The van der Waals surface area contributed by atoms with Crippen molar-refractivity contribution in [3.05, 3.63) is 244 Å². The van der Waals surface area contributed by atoms with E-state index in [2.05, 4.69) is 98.8 Å². The molecule has 0 atom stereocenters. The summed E-state index contributed by atoms with van der Waals surface area (Å²) in [5.74, 6) is 0. The summed E-state index contributed by atoms with van der Waals surface area (Å²) in [6.45, 7) is 0. The van der Waals surface area contributed by atoms with Crippen molar-refractivity contribution in [3.8, 4) is 45.0 Å². The van der Waals surface area contributed by atoms with Crippen molar-refractivity contribution in [2.45, 2.75) is 7.43 Å². The SMILES string of the molecule is C.CO.CO.[Ir].[Ir].[c-]1cc2ccccc2cc1-c1nccc2occc12.[c-]1ccccc1-c1ccccn1.[c-]1ccccc1-c1ccccn1.c1ccc2cc(-c3nccc4occc34)ccc2c1. The summed E-state index contributed by atoms with van der Waals surface area (Å²) in [5, 5.41) is 20.9. The van der Waals surface area contributed by atoms with Gasteiger partial charge in [0.05, 0.1) is 18.2 Å². The second-order valence-electron chi connectivity index (χ2n) is 14.0. The van der Waals surface area contributed by atoms with Gasteiger partial charge < -0.3 is 34.0 Å². The third kappa shape index (κ3) is 14.4. The fraction of sp³-hybridized carbons (Fsp3) is 0.0508. The van der Waals surface area contributed by atoms with E-state index in [-0.39, 0.29) is 47.6 Å². The number of furan rings is 2. The zero-order valence-electron chi connectivity index (χ0n) is 37.0. The van der Waals surface area contributed by atoms with Gasteiger partial charge in [-0.2, -0.15) is 0 Å². The van der Waals surface area contributed by atoms with E-state index < -0.39 is 0 Å². The van der Waals surface area contributed by atoms with Gasteiger partial charge in [0.25, 0.3) is 0 Å². The molecule has 6 aromatic carbocycles. The average Bonchev–Trinajstić information content (AvgIpc) is 4.12. The van der Waals surface area contributed by atoms with Crippen LogP contribution in [-0.2, 0) is 40.2 Å². The molecule has 10 heteroatoms. The Balaban J connectivity index is 0.000000197. The van der Waals surface area contributed by atoms with Crippen LogP contribution < -0.4 is 0 Å². The molecule has 0 spiro atoms. The maximum atomic E-state index is 7.00. The topological polar surface area (TPSA) is 118 Å². The molecule has 0 aliphatic rings. The average molecular weight is 1260 g/mol. The first-order valence-corrected chi connectivity index (χ1v) is 21.0. The molecule has 6 aromatic heterocycles. The Bertz CT molecular complexity index is 3020. The number of aliphatic hydroxyl groups is 2. The van der Waals surface area contributed by atoms with Crippen LogP contribution in [0.25, 0.3) is 88.5 Å². The first-order valence-electron chi connectivity index (χ1n) is 21.0. The molecular weight excluding hydrogens is 1210 g/mol. The maximum absolute atomic E-state index is 7.00. The van der Waals surface area contributed by atoms with Crippen molar-refractivity contribution >= 4 is 43.5 Å². The van der Waals surface area contributed by atoms with Crippen LogP contribution in [0.2, 0.25) is 0 Å². The largest absolute Gasteiger partial charge is 0.465 e. The summed E-state index contributed by atoms with van der Waals surface area (Å²) in [5.41, 5.74) is 9.74. The minimum atomic E-state index is 0. The molecule has 0 bridgehead atoms. The van der Waals surface area contributed by atoms with Gasteiger partial charge in [0.2, 0.25) is 0 Å². The first kappa shape index (κ1) is 54.3. The Morgan fingerprint density at radius 2 is 0.870 bits per heavy atom. The Kier molecular flexibility index (Phi) is 22.7. The molecule has 12 aromatic rings. The Hall–Kier alpha value is -7.26. The molecule has 0 amide bonds. The van der Waals surface area contributed by atoms with Crippen molar-refractivity contribution in [2.75, 3.05) is 14.2 Å². The van der Waals surface area contributed by atoms with Gasteiger partial charge in [0.15, 0.2) is 0 Å². The summed E-state index contributed by atoms with van der Waals surface area (Å²) in [6, 6.07) is 71.7. The normalized spacial score (nSPS) is 9.68. The molecule has 2 N–H and O–H groups in total. The van der Waals surface area contributed by atoms with Crippen molar-refractivity contribution in [3.63, 3.8) is 0 Å². The predicted octanol–water partition coefficient (Wildman–Crippen LogP) is 14.0. The van der Waals surface area contributed by atoms with E-state index in [1.807, 2.05) is 127 Å². The van der Waals surface area contributed by atoms with Crippen LogP contribution in [0.4, 0.5) is 0 Å². The van der Waals surface area contributed by atoms with E-state index in [1.165, 1.54) is 21.5 Å². The van der Waals surface area contributed by atoms with Gasteiger partial charge in [0, 0.05) is 95.6 Å². The molecular formula is C59H49Ir2N4O4-3. The third-order valence-corrected chi connectivity index (χ3v) is 10.0. The zero-order valence-corrected chi connectivity index (χ0v) is 41.8. The van der Waals surface area contributed by atoms with Gasteiger partial charge in [-0.25, -0.2) is 0 Å². The molecule has 0 fully saturated rings. The minimum Gasteiger partial charge on any atom is -0.465 e. The molecule has 0 saturated heterocycles. The maximum Gasteiger partial charge on any atom is 0.137 e. The van der Waals surface area contributed by atoms with Gasteiger partial charge in [0.1, 0.15) is 11.2 Å². The molecule has 8 nitrogen and oxygen atoms in total. The third-order valence-electron chi connectivity index (χ3n) is 10.0. The number of hydrogen-bond donors (Lipinski definition) is 2. The van der Waals surface area contributed by atoms with E-state index in [4.69, 9.17) is 19.0 Å². The van der Waals surface area contributed by atoms with E-state index >= 15 is 0 Å². The van der Waals surface area contributed by atoms with E-state index in [1.54, 1.807) is 37.3 Å². The number of aromatic nitrogens is 4. The van der Waals surface area contributed by atoms with Crippen LogP contribution in [0.1, 0.15) is 7.43 Å². The molecule has 0 saturated carbocycles. The fourth-order valence-electron chi connectivity index (χ4n) is 6.98. The molecule has 0 unspecified atom stereocenters. The molecule has 0 aliphatic carbocycles.